The molecule has 5 nitrogen and oxygen atoms in total. The van der Waals surface area contributed by atoms with Crippen molar-refractivity contribution < 1.29 is 14.3 Å². The van der Waals surface area contributed by atoms with Gasteiger partial charge in [0.05, 0.1) is 11.7 Å². The van der Waals surface area contributed by atoms with Crippen LogP contribution in [0.3, 0.4) is 0 Å². The lowest BCUT2D eigenvalue weighted by atomic mass is 10.1. The molecular weight excluding hydrogens is 456 g/mol. The Labute approximate surface area is 189 Å². The molecule has 1 aliphatic rings. The number of amides is 2. The highest BCUT2D eigenvalue weighted by molar-refractivity contribution is 9.10. The third-order valence-electron chi connectivity index (χ3n) is 5.00. The fourth-order valence-electron chi connectivity index (χ4n) is 3.41. The van der Waals surface area contributed by atoms with Crippen molar-refractivity contribution in [3.8, 4) is 5.75 Å². The van der Waals surface area contributed by atoms with Gasteiger partial charge in [-0.15, -0.1) is 0 Å². The third-order valence-corrected chi connectivity index (χ3v) is 5.72. The summed E-state index contributed by atoms with van der Waals surface area (Å²) in [5, 5.41) is 2.97. The molecule has 0 unspecified atom stereocenters. The standard InChI is InChI=1S/C25H21BrN2O3/c1-17(18-9-3-2-4-10-18)27-24(29)16-28-21-13-7-8-14-22(21)31-23(25(28)30)15-19-11-5-6-12-20(19)26/h2-15,17H,16H2,1H3,(H,27,29)/b23-15+/t17-/m0/s1. The molecule has 4 rings (SSSR count). The second-order valence-corrected chi connectivity index (χ2v) is 8.05. The molecule has 0 fully saturated rings. The molecule has 0 radical (unpaired) electrons. The van der Waals surface area contributed by atoms with Crippen LogP contribution >= 0.6 is 15.9 Å². The van der Waals surface area contributed by atoms with Gasteiger partial charge >= 0.3 is 0 Å². The van der Waals surface area contributed by atoms with E-state index < -0.39 is 0 Å². The Morgan fingerprint density at radius 3 is 2.48 bits per heavy atom. The Bertz CT molecular complexity index is 1140. The van der Waals surface area contributed by atoms with E-state index in [0.29, 0.717) is 11.4 Å². The molecule has 0 saturated carbocycles. The average Bonchev–Trinajstić information content (AvgIpc) is 2.78. The smallest absolute Gasteiger partial charge is 0.294 e. The van der Waals surface area contributed by atoms with Crippen molar-refractivity contribution in [1.82, 2.24) is 5.32 Å². The molecule has 0 spiro atoms. The number of para-hydroxylation sites is 2. The third kappa shape index (κ3) is 4.70. The summed E-state index contributed by atoms with van der Waals surface area (Å²) in [6.07, 6.45) is 1.68. The monoisotopic (exact) mass is 476 g/mol. The van der Waals surface area contributed by atoms with Gasteiger partial charge in [-0.1, -0.05) is 76.6 Å². The van der Waals surface area contributed by atoms with Crippen LogP contribution < -0.4 is 15.0 Å². The van der Waals surface area contributed by atoms with Crippen LogP contribution in [0.15, 0.2) is 89.1 Å². The number of halogens is 1. The number of benzene rings is 3. The average molecular weight is 477 g/mol. The topological polar surface area (TPSA) is 58.6 Å². The van der Waals surface area contributed by atoms with Crippen LogP contribution in [-0.4, -0.2) is 18.4 Å². The first-order valence-corrected chi connectivity index (χ1v) is 10.7. The molecule has 31 heavy (non-hydrogen) atoms. The molecule has 0 aromatic heterocycles. The first-order chi connectivity index (χ1) is 15.0. The molecule has 0 saturated heterocycles. The summed E-state index contributed by atoms with van der Waals surface area (Å²) in [6.45, 7) is 1.81. The fraction of sp³-hybridized carbons (Fsp3) is 0.120. The molecule has 1 aliphatic heterocycles. The van der Waals surface area contributed by atoms with Gasteiger partial charge in [-0.25, -0.2) is 0 Å². The number of ether oxygens (including phenoxy) is 1. The van der Waals surface area contributed by atoms with Crippen LogP contribution in [0.4, 0.5) is 5.69 Å². The highest BCUT2D eigenvalue weighted by Crippen LogP contribution is 2.36. The number of nitrogens with zero attached hydrogens (tertiary/aromatic N) is 1. The van der Waals surface area contributed by atoms with Gasteiger partial charge in [0.2, 0.25) is 5.91 Å². The molecule has 2 amide bonds. The maximum absolute atomic E-state index is 13.2. The maximum Gasteiger partial charge on any atom is 0.294 e. The van der Waals surface area contributed by atoms with Gasteiger partial charge in [0.25, 0.3) is 5.91 Å². The lowest BCUT2D eigenvalue weighted by Crippen LogP contribution is -2.44. The molecule has 0 aliphatic carbocycles. The Balaban J connectivity index is 1.59. The van der Waals surface area contributed by atoms with E-state index in [0.717, 1.165) is 15.6 Å². The Kier molecular flexibility index (Phi) is 6.18. The van der Waals surface area contributed by atoms with Gasteiger partial charge in [0.15, 0.2) is 11.5 Å². The highest BCUT2D eigenvalue weighted by atomic mass is 79.9. The predicted octanol–water partition coefficient (Wildman–Crippen LogP) is 5.09. The van der Waals surface area contributed by atoms with Crippen LogP contribution in [0.25, 0.3) is 6.08 Å². The number of hydrogen-bond acceptors (Lipinski definition) is 3. The lowest BCUT2D eigenvalue weighted by molar-refractivity contribution is -0.123. The Morgan fingerprint density at radius 1 is 1.03 bits per heavy atom. The molecule has 3 aromatic carbocycles. The van der Waals surface area contributed by atoms with Crippen molar-refractivity contribution in [2.75, 3.05) is 11.4 Å². The SMILES string of the molecule is C[C@H](NC(=O)CN1C(=O)/C(=C\c2ccccc2Br)Oc2ccccc21)c1ccccc1. The number of hydrogen-bond donors (Lipinski definition) is 1. The zero-order valence-corrected chi connectivity index (χ0v) is 18.5. The summed E-state index contributed by atoms with van der Waals surface area (Å²) in [4.78, 5) is 27.5. The van der Waals surface area contributed by atoms with Crippen LogP contribution in [0, 0.1) is 0 Å². The van der Waals surface area contributed by atoms with Crippen molar-refractivity contribution in [2.45, 2.75) is 13.0 Å². The molecule has 3 aromatic rings. The van der Waals surface area contributed by atoms with E-state index in [1.165, 1.54) is 4.90 Å². The van der Waals surface area contributed by atoms with E-state index >= 15 is 0 Å². The van der Waals surface area contributed by atoms with Gasteiger partial charge in [0, 0.05) is 4.47 Å². The molecule has 0 bridgehead atoms. The van der Waals surface area contributed by atoms with Gasteiger partial charge in [0.1, 0.15) is 6.54 Å². The molecule has 1 atom stereocenters. The van der Waals surface area contributed by atoms with Crippen molar-refractivity contribution in [3.63, 3.8) is 0 Å². The minimum atomic E-state index is -0.364. The molecule has 156 valence electrons. The zero-order valence-electron chi connectivity index (χ0n) is 16.9. The first-order valence-electron chi connectivity index (χ1n) is 9.92. The van der Waals surface area contributed by atoms with E-state index in [2.05, 4.69) is 21.2 Å². The van der Waals surface area contributed by atoms with Crippen molar-refractivity contribution >= 4 is 39.5 Å². The largest absolute Gasteiger partial charge is 0.449 e. The number of nitrogens with one attached hydrogen (secondary N) is 1. The summed E-state index contributed by atoms with van der Waals surface area (Å²) < 4.78 is 6.73. The summed E-state index contributed by atoms with van der Waals surface area (Å²) in [7, 11) is 0. The fourth-order valence-corrected chi connectivity index (χ4v) is 3.81. The van der Waals surface area contributed by atoms with E-state index in [9.17, 15) is 9.59 Å². The minimum absolute atomic E-state index is 0.107. The zero-order chi connectivity index (χ0) is 21.8. The van der Waals surface area contributed by atoms with Gasteiger partial charge in [-0.2, -0.15) is 0 Å². The van der Waals surface area contributed by atoms with E-state index in [1.807, 2.05) is 73.7 Å². The Hall–Kier alpha value is -3.38. The van der Waals surface area contributed by atoms with Crippen molar-refractivity contribution in [2.24, 2.45) is 0 Å². The van der Waals surface area contributed by atoms with Gasteiger partial charge in [-0.05, 0) is 42.3 Å². The number of rotatable bonds is 5. The van der Waals surface area contributed by atoms with E-state index in [4.69, 9.17) is 4.74 Å². The first kappa shape index (κ1) is 20.9. The van der Waals surface area contributed by atoms with Crippen LogP contribution in [-0.2, 0) is 9.59 Å². The van der Waals surface area contributed by atoms with Crippen LogP contribution in [0.1, 0.15) is 24.1 Å². The van der Waals surface area contributed by atoms with Crippen molar-refractivity contribution in [3.05, 3.63) is 100 Å². The molecule has 1 heterocycles. The quantitative estimate of drug-likeness (QED) is 0.521. The second kappa shape index (κ2) is 9.18. The van der Waals surface area contributed by atoms with E-state index in [1.54, 1.807) is 18.2 Å². The predicted molar refractivity (Wildman–Crippen MR) is 125 cm³/mol. The summed E-state index contributed by atoms with van der Waals surface area (Å²) in [5.41, 5.74) is 2.38. The van der Waals surface area contributed by atoms with Gasteiger partial charge in [-0.3, -0.25) is 14.5 Å². The van der Waals surface area contributed by atoms with Crippen LogP contribution in [0.2, 0.25) is 0 Å². The number of carbonyl (C=O) groups is 2. The summed E-state index contributed by atoms with van der Waals surface area (Å²) in [6, 6.07) is 24.3. The van der Waals surface area contributed by atoms with E-state index in [-0.39, 0.29) is 30.2 Å². The number of anilines is 1. The second-order valence-electron chi connectivity index (χ2n) is 7.19. The Morgan fingerprint density at radius 2 is 1.71 bits per heavy atom. The molecular formula is C25H21BrN2O3. The molecule has 1 N–H and O–H groups in total. The lowest BCUT2D eigenvalue weighted by Gasteiger charge is -2.30. The van der Waals surface area contributed by atoms with Crippen LogP contribution in [0.5, 0.6) is 5.75 Å². The summed E-state index contributed by atoms with van der Waals surface area (Å²) in [5.74, 6) is 0.0810. The highest BCUT2D eigenvalue weighted by Gasteiger charge is 2.32. The normalized spacial score (nSPS) is 15.2. The maximum atomic E-state index is 13.2. The number of fused-ring (bicyclic) bond motifs is 1. The number of carbonyl (C=O) groups excluding carboxylic acids is 2. The van der Waals surface area contributed by atoms with Crippen molar-refractivity contribution in [1.29, 1.82) is 0 Å². The van der Waals surface area contributed by atoms with Gasteiger partial charge < -0.3 is 10.1 Å². The summed E-state index contributed by atoms with van der Waals surface area (Å²) >= 11 is 3.49. The molecule has 6 heteroatoms. The minimum Gasteiger partial charge on any atom is -0.449 e.